The number of hydrogen-bond donors (Lipinski definition) is 7. The Morgan fingerprint density at radius 2 is 1.21 bits per heavy atom. The summed E-state index contributed by atoms with van der Waals surface area (Å²) in [6.45, 7) is 8.90. The molecule has 0 saturated heterocycles. The van der Waals surface area contributed by atoms with Crippen LogP contribution < -0.4 is 48.2 Å². The molecule has 22 nitrogen and oxygen atoms in total. The number of carbonyl (C=O) groups excluding carboxylic acids is 5. The Morgan fingerprint density at radius 3 is 1.69 bits per heavy atom. The molecule has 7 aromatic rings. The first-order chi connectivity index (χ1) is 32.7. The van der Waals surface area contributed by atoms with Gasteiger partial charge >= 0.3 is 0 Å². The number of carbonyl (C=O) groups is 5. The number of aromatic nitrogens is 8. The van der Waals surface area contributed by atoms with Crippen LogP contribution in [-0.4, -0.2) is 81.9 Å². The third-order valence-electron chi connectivity index (χ3n) is 10.8. The van der Waals surface area contributed by atoms with Crippen LogP contribution in [-0.2, 0) is 37.5 Å². The fraction of sp³-hybridized carbons (Fsp3) is 0.283. The topological polar surface area (TPSA) is 301 Å². The normalized spacial score (nSPS) is 11.4. The third kappa shape index (κ3) is 10.6. The third-order valence-corrected chi connectivity index (χ3v) is 10.8. The molecule has 354 valence electrons. The van der Waals surface area contributed by atoms with Gasteiger partial charge in [-0.15, -0.1) is 0 Å². The summed E-state index contributed by atoms with van der Waals surface area (Å²) in [6, 6.07) is 16.6. The summed E-state index contributed by atoms with van der Waals surface area (Å²) in [5.74, 6) is -1.81. The zero-order chi connectivity index (χ0) is 48.6. The summed E-state index contributed by atoms with van der Waals surface area (Å²) < 4.78 is 18.5. The van der Waals surface area contributed by atoms with Gasteiger partial charge in [0.1, 0.15) is 33.9 Å². The number of nitrogen functional groups attached to an aromatic ring is 1. The van der Waals surface area contributed by atoms with Crippen LogP contribution in [0, 0.1) is 13.8 Å². The van der Waals surface area contributed by atoms with Gasteiger partial charge in [0, 0.05) is 56.0 Å². The number of amides is 5. The largest absolute Gasteiger partial charge is 0.494 e. The number of hydrogen-bond acceptors (Lipinski definition) is 13. The predicted molar refractivity (Wildman–Crippen MR) is 254 cm³/mol. The summed E-state index contributed by atoms with van der Waals surface area (Å²) in [5.41, 5.74) is 28.1. The Balaban J connectivity index is 1.19. The van der Waals surface area contributed by atoms with Crippen LogP contribution >= 0.6 is 0 Å². The van der Waals surface area contributed by atoms with Gasteiger partial charge in [0.25, 0.3) is 11.8 Å². The zero-order valence-electron chi connectivity index (χ0n) is 38.3. The molecule has 22 heteroatoms. The number of nitrogens with zero attached hydrogens (tertiary/aromatic N) is 8. The Labute approximate surface area is 389 Å². The Morgan fingerprint density at radius 1 is 0.706 bits per heavy atom. The van der Waals surface area contributed by atoms with Gasteiger partial charge in [-0.3, -0.25) is 49.4 Å². The highest BCUT2D eigenvalue weighted by molar-refractivity contribution is 6.05. The molecule has 3 aromatic carbocycles. The number of imidazole rings is 2. The van der Waals surface area contributed by atoms with E-state index in [2.05, 4.69) is 36.7 Å². The smallest absolute Gasteiger partial charge is 0.276 e. The second kappa shape index (κ2) is 20.8. The number of anilines is 3. The van der Waals surface area contributed by atoms with Crippen LogP contribution in [0.4, 0.5) is 17.6 Å². The van der Waals surface area contributed by atoms with Crippen molar-refractivity contribution in [3.63, 3.8) is 0 Å². The average molecular weight is 928 g/mol. The number of fused-ring (bicyclic) bond motifs is 2. The lowest BCUT2D eigenvalue weighted by atomic mass is 10.1. The number of nitrogens with one attached hydrogen (secondary N) is 4. The first-order valence-electron chi connectivity index (χ1n) is 21.8. The summed E-state index contributed by atoms with van der Waals surface area (Å²) >= 11 is 0. The maximum atomic E-state index is 13.9. The van der Waals surface area contributed by atoms with Crippen LogP contribution in [0.15, 0.2) is 72.8 Å². The molecule has 4 aromatic heterocycles. The van der Waals surface area contributed by atoms with Gasteiger partial charge in [-0.05, 0) is 88.2 Å². The predicted octanol–water partition coefficient (Wildman–Crippen LogP) is 3.97. The fourth-order valence-corrected chi connectivity index (χ4v) is 7.54. The van der Waals surface area contributed by atoms with Crippen molar-refractivity contribution in [2.75, 3.05) is 30.1 Å². The SMILES string of the molecule is CCn1nc(C)cc1C(=O)Nc1nc2cc(C(N)=O)cc(OC)c2n1C/C=C/Cn1c(NC(=O)c2cc(C)nn2CC)nc2cc(C(N)=O)cc(OCCCC(=O)NNCc3ccc(N)cc3)c21. The van der Waals surface area contributed by atoms with E-state index in [9.17, 15) is 24.0 Å². The number of methoxy groups -OCH3 is 1. The van der Waals surface area contributed by atoms with Crippen molar-refractivity contribution in [3.8, 4) is 11.5 Å². The molecule has 4 heterocycles. The number of primary amides is 2. The summed E-state index contributed by atoms with van der Waals surface area (Å²) in [6.07, 6.45) is 4.03. The lowest BCUT2D eigenvalue weighted by Gasteiger charge is -2.13. The van der Waals surface area contributed by atoms with Gasteiger partial charge in [0.05, 0.1) is 36.1 Å². The van der Waals surface area contributed by atoms with Gasteiger partial charge in [-0.2, -0.15) is 10.2 Å². The average Bonchev–Trinajstić information content (AvgIpc) is 4.08. The van der Waals surface area contributed by atoms with Crippen molar-refractivity contribution in [2.24, 2.45) is 11.5 Å². The van der Waals surface area contributed by atoms with Gasteiger partial charge < -0.3 is 35.8 Å². The highest BCUT2D eigenvalue weighted by Gasteiger charge is 2.24. The van der Waals surface area contributed by atoms with E-state index in [1.54, 1.807) is 56.6 Å². The van der Waals surface area contributed by atoms with Gasteiger partial charge in [0.15, 0.2) is 0 Å². The molecule has 0 aliphatic rings. The molecular formula is C46H53N15O7. The zero-order valence-corrected chi connectivity index (χ0v) is 38.3. The van der Waals surface area contributed by atoms with E-state index < -0.39 is 23.6 Å². The van der Waals surface area contributed by atoms with Gasteiger partial charge in [0.2, 0.25) is 29.6 Å². The molecule has 7 rings (SSSR count). The number of nitrogens with two attached hydrogens (primary N) is 3. The second-order valence-electron chi connectivity index (χ2n) is 15.7. The molecule has 0 radical (unpaired) electrons. The molecular weight excluding hydrogens is 875 g/mol. The highest BCUT2D eigenvalue weighted by atomic mass is 16.5. The Bertz CT molecular complexity index is 3070. The lowest BCUT2D eigenvalue weighted by molar-refractivity contribution is -0.122. The van der Waals surface area contributed by atoms with Crippen LogP contribution in [0.3, 0.4) is 0 Å². The highest BCUT2D eigenvalue weighted by Crippen LogP contribution is 2.33. The van der Waals surface area contributed by atoms with Crippen molar-refractivity contribution < 1.29 is 33.4 Å². The van der Waals surface area contributed by atoms with Crippen LogP contribution in [0.5, 0.6) is 11.5 Å². The first-order valence-corrected chi connectivity index (χ1v) is 21.8. The number of hydrazine groups is 1. The Kier molecular flexibility index (Phi) is 14.5. The van der Waals surface area contributed by atoms with Gasteiger partial charge in [-0.1, -0.05) is 24.3 Å². The van der Waals surface area contributed by atoms with Crippen LogP contribution in [0.1, 0.15) is 85.3 Å². The number of allylic oxidation sites excluding steroid dienone is 2. The summed E-state index contributed by atoms with van der Waals surface area (Å²) in [4.78, 5) is 74.6. The van der Waals surface area contributed by atoms with E-state index in [4.69, 9.17) is 31.7 Å². The van der Waals surface area contributed by atoms with Crippen molar-refractivity contribution in [1.82, 2.24) is 49.5 Å². The number of benzene rings is 3. The number of rotatable bonds is 21. The van der Waals surface area contributed by atoms with Crippen molar-refractivity contribution in [1.29, 1.82) is 0 Å². The minimum atomic E-state index is -0.728. The fourth-order valence-electron chi connectivity index (χ4n) is 7.54. The number of aryl methyl sites for hydroxylation is 4. The van der Waals surface area contributed by atoms with Crippen LogP contribution in [0.2, 0.25) is 0 Å². The molecule has 0 fully saturated rings. The van der Waals surface area contributed by atoms with Gasteiger partial charge in [-0.25, -0.2) is 15.4 Å². The molecule has 68 heavy (non-hydrogen) atoms. The first kappa shape index (κ1) is 47.4. The minimum Gasteiger partial charge on any atom is -0.494 e. The maximum absolute atomic E-state index is 13.9. The molecule has 0 aliphatic carbocycles. The van der Waals surface area contributed by atoms with Crippen LogP contribution in [0.25, 0.3) is 22.1 Å². The van der Waals surface area contributed by atoms with E-state index >= 15 is 0 Å². The van der Waals surface area contributed by atoms with E-state index in [1.165, 1.54) is 31.4 Å². The van der Waals surface area contributed by atoms with E-state index in [1.807, 2.05) is 38.1 Å². The van der Waals surface area contributed by atoms with Crippen molar-refractivity contribution in [3.05, 3.63) is 112 Å². The van der Waals surface area contributed by atoms with E-state index in [0.717, 1.165) is 5.56 Å². The molecule has 0 bridgehead atoms. The van der Waals surface area contributed by atoms with E-state index in [0.29, 0.717) is 82.3 Å². The standard InChI is InChI=1S/C46H53N15O7/c1-6-60-34(19-26(3)56-60)43(65)53-45-51-32-21-29(41(48)63)23-36(67-5)39(32)58(45)16-8-9-17-59-40-33(52-46(59)54-44(66)35-20-27(4)57-61(35)7-2)22-30(42(49)64)24-37(40)68-18-10-11-38(62)55-50-25-28-12-14-31(47)15-13-28/h8-9,12-15,19-24,50H,6-7,10-11,16-18,25,47H2,1-5H3,(H2,48,63)(H2,49,64)(H,55,62)(H,51,53,65)(H,52,54,66)/b9-8+. The molecule has 0 unspecified atom stereocenters. The molecule has 5 amide bonds. The number of ether oxygens (including phenoxy) is 2. The molecule has 10 N–H and O–H groups in total. The maximum Gasteiger partial charge on any atom is 0.276 e. The molecule has 0 atom stereocenters. The minimum absolute atomic E-state index is 0.0699. The molecule has 0 saturated carbocycles. The van der Waals surface area contributed by atoms with E-state index in [-0.39, 0.29) is 60.8 Å². The quantitative estimate of drug-likeness (QED) is 0.0233. The lowest BCUT2D eigenvalue weighted by Crippen LogP contribution is -2.36. The molecule has 0 spiro atoms. The summed E-state index contributed by atoms with van der Waals surface area (Å²) in [7, 11) is 1.45. The molecule has 0 aliphatic heterocycles. The van der Waals surface area contributed by atoms with Crippen molar-refractivity contribution >= 4 is 69.2 Å². The second-order valence-corrected chi connectivity index (χ2v) is 15.7. The monoisotopic (exact) mass is 927 g/mol. The Hall–Kier alpha value is -8.53. The summed E-state index contributed by atoms with van der Waals surface area (Å²) in [5, 5.41) is 14.6. The van der Waals surface area contributed by atoms with Crippen molar-refractivity contribution in [2.45, 2.75) is 73.3 Å².